The molecule has 6 heteroatoms. The van der Waals surface area contributed by atoms with Gasteiger partial charge in [0, 0.05) is 37.5 Å². The minimum atomic E-state index is 0.00364. The Morgan fingerprint density at radius 2 is 1.64 bits per heavy atom. The standard InChI is InChI=1S/C30H30N4O2/c35-26-20-23(27-12-7-17-36-27)19-25-28(26)29(31-24-10-5-2-6-11-24)33-30(32-25)34-15-13-22(14-16-34)18-21-8-3-1-4-9-21/h1-12,17,22-23H,13-16,18-20H2,(H,31,32,33). The third-order valence-electron chi connectivity index (χ3n) is 7.37. The summed E-state index contributed by atoms with van der Waals surface area (Å²) in [6.07, 6.45) is 6.05. The number of furan rings is 1. The second kappa shape index (κ2) is 9.97. The van der Waals surface area contributed by atoms with E-state index in [1.54, 1.807) is 6.26 Å². The molecule has 2 aromatic carbocycles. The van der Waals surface area contributed by atoms with E-state index in [2.05, 4.69) is 40.5 Å². The molecule has 6 nitrogen and oxygen atoms in total. The number of carbonyl (C=O) groups excluding carboxylic acids is 1. The number of ketones is 1. The van der Waals surface area contributed by atoms with Gasteiger partial charge in [-0.15, -0.1) is 0 Å². The number of nitrogens with zero attached hydrogens (tertiary/aromatic N) is 3. The fourth-order valence-electron chi connectivity index (χ4n) is 5.47. The third kappa shape index (κ3) is 4.76. The molecule has 1 atom stereocenters. The van der Waals surface area contributed by atoms with Crippen LogP contribution in [0.3, 0.4) is 0 Å². The number of piperidine rings is 1. The molecule has 0 radical (unpaired) electrons. The molecule has 3 heterocycles. The van der Waals surface area contributed by atoms with Crippen molar-refractivity contribution in [2.75, 3.05) is 23.3 Å². The number of carbonyl (C=O) groups is 1. The maximum absolute atomic E-state index is 13.3. The lowest BCUT2D eigenvalue weighted by molar-refractivity contribution is 0.0959. The molecule has 1 saturated heterocycles. The lowest BCUT2D eigenvalue weighted by atomic mass is 9.84. The van der Waals surface area contributed by atoms with Crippen molar-refractivity contribution >= 4 is 23.2 Å². The summed E-state index contributed by atoms with van der Waals surface area (Å²) < 4.78 is 5.65. The van der Waals surface area contributed by atoms with Crippen LogP contribution in [0.2, 0.25) is 0 Å². The highest BCUT2D eigenvalue weighted by molar-refractivity contribution is 6.03. The topological polar surface area (TPSA) is 71.3 Å². The van der Waals surface area contributed by atoms with Crippen LogP contribution >= 0.6 is 0 Å². The van der Waals surface area contributed by atoms with E-state index in [0.29, 0.717) is 36.1 Å². The van der Waals surface area contributed by atoms with Gasteiger partial charge in [0.2, 0.25) is 5.95 Å². The molecular weight excluding hydrogens is 448 g/mol. The molecule has 1 N–H and O–H groups in total. The molecule has 2 aliphatic rings. The van der Waals surface area contributed by atoms with Crippen molar-refractivity contribution in [1.82, 2.24) is 9.97 Å². The van der Waals surface area contributed by atoms with Gasteiger partial charge in [-0.1, -0.05) is 48.5 Å². The maximum atomic E-state index is 13.3. The quantitative estimate of drug-likeness (QED) is 0.357. The number of hydrogen-bond acceptors (Lipinski definition) is 6. The first-order valence-electron chi connectivity index (χ1n) is 12.8. The van der Waals surface area contributed by atoms with Crippen LogP contribution in [0, 0.1) is 5.92 Å². The average Bonchev–Trinajstić information content (AvgIpc) is 3.45. The molecule has 1 aliphatic heterocycles. The zero-order valence-corrected chi connectivity index (χ0v) is 20.3. The van der Waals surface area contributed by atoms with Gasteiger partial charge in [0.05, 0.1) is 17.5 Å². The predicted molar refractivity (Wildman–Crippen MR) is 141 cm³/mol. The summed E-state index contributed by atoms with van der Waals surface area (Å²) in [5, 5.41) is 3.41. The SMILES string of the molecule is O=C1CC(c2ccco2)Cc2nc(N3CCC(Cc4ccccc4)CC3)nc(Nc3ccccc3)c21. The lowest BCUT2D eigenvalue weighted by Crippen LogP contribution is -2.36. The van der Waals surface area contributed by atoms with Crippen molar-refractivity contribution < 1.29 is 9.21 Å². The van der Waals surface area contributed by atoms with Crippen LogP contribution in [0.5, 0.6) is 0 Å². The summed E-state index contributed by atoms with van der Waals surface area (Å²) in [5.41, 5.74) is 3.73. The number of benzene rings is 2. The second-order valence-electron chi connectivity index (χ2n) is 9.85. The maximum Gasteiger partial charge on any atom is 0.227 e. The van der Waals surface area contributed by atoms with Crippen molar-refractivity contribution in [3.63, 3.8) is 0 Å². The molecule has 1 unspecified atom stereocenters. The minimum Gasteiger partial charge on any atom is -0.469 e. The van der Waals surface area contributed by atoms with E-state index in [-0.39, 0.29) is 11.7 Å². The largest absolute Gasteiger partial charge is 0.469 e. The summed E-state index contributed by atoms with van der Waals surface area (Å²) in [6.45, 7) is 1.83. The van der Waals surface area contributed by atoms with E-state index in [1.807, 2.05) is 42.5 Å². The number of aromatic nitrogens is 2. The summed E-state index contributed by atoms with van der Waals surface area (Å²) in [6, 6.07) is 24.5. The van der Waals surface area contributed by atoms with Crippen molar-refractivity contribution in [2.24, 2.45) is 5.92 Å². The van der Waals surface area contributed by atoms with Gasteiger partial charge in [0.25, 0.3) is 0 Å². The summed E-state index contributed by atoms with van der Waals surface area (Å²) in [4.78, 5) is 25.5. The Kier molecular flexibility index (Phi) is 6.24. The molecule has 0 amide bonds. The molecule has 0 bridgehead atoms. The number of anilines is 3. The van der Waals surface area contributed by atoms with Crippen molar-refractivity contribution in [2.45, 2.75) is 38.0 Å². The van der Waals surface area contributed by atoms with Crippen LogP contribution in [0.15, 0.2) is 83.5 Å². The summed E-state index contributed by atoms with van der Waals surface area (Å²) >= 11 is 0. The molecular formula is C30H30N4O2. The van der Waals surface area contributed by atoms with Crippen LogP contribution in [0.4, 0.5) is 17.5 Å². The van der Waals surface area contributed by atoms with Crippen molar-refractivity contribution in [3.8, 4) is 0 Å². The summed E-state index contributed by atoms with van der Waals surface area (Å²) in [5.74, 6) is 2.88. The van der Waals surface area contributed by atoms with Crippen molar-refractivity contribution in [1.29, 1.82) is 0 Å². The van der Waals surface area contributed by atoms with E-state index in [0.717, 1.165) is 49.5 Å². The number of nitrogens with one attached hydrogen (secondary N) is 1. The predicted octanol–water partition coefficient (Wildman–Crippen LogP) is 6.19. The third-order valence-corrected chi connectivity index (χ3v) is 7.37. The zero-order valence-electron chi connectivity index (χ0n) is 20.3. The van der Waals surface area contributed by atoms with Gasteiger partial charge in [-0.3, -0.25) is 4.79 Å². The Hall–Kier alpha value is -3.93. The number of rotatable bonds is 6. The molecule has 6 rings (SSSR count). The lowest BCUT2D eigenvalue weighted by Gasteiger charge is -2.33. The molecule has 0 spiro atoms. The van der Waals surface area contributed by atoms with Gasteiger partial charge in [-0.2, -0.15) is 4.98 Å². The first-order valence-corrected chi connectivity index (χ1v) is 12.8. The van der Waals surface area contributed by atoms with Gasteiger partial charge in [-0.05, 0) is 55.0 Å². The molecule has 0 saturated carbocycles. The van der Waals surface area contributed by atoms with Crippen LogP contribution in [0.25, 0.3) is 0 Å². The highest BCUT2D eigenvalue weighted by atomic mass is 16.3. The molecule has 36 heavy (non-hydrogen) atoms. The van der Waals surface area contributed by atoms with Crippen molar-refractivity contribution in [3.05, 3.63) is 102 Å². The first-order chi connectivity index (χ1) is 17.7. The Morgan fingerprint density at radius 1 is 0.889 bits per heavy atom. The molecule has 1 aliphatic carbocycles. The summed E-state index contributed by atoms with van der Waals surface area (Å²) in [7, 11) is 0. The van der Waals surface area contributed by atoms with E-state index >= 15 is 0 Å². The zero-order chi connectivity index (χ0) is 24.3. The van der Waals surface area contributed by atoms with Crippen LogP contribution < -0.4 is 10.2 Å². The number of para-hydroxylation sites is 1. The highest BCUT2D eigenvalue weighted by Gasteiger charge is 2.33. The molecule has 182 valence electrons. The Morgan fingerprint density at radius 3 is 2.36 bits per heavy atom. The van der Waals surface area contributed by atoms with E-state index < -0.39 is 0 Å². The van der Waals surface area contributed by atoms with Crippen LogP contribution in [-0.2, 0) is 12.8 Å². The molecule has 2 aromatic heterocycles. The van der Waals surface area contributed by atoms with Crippen LogP contribution in [-0.4, -0.2) is 28.8 Å². The van der Waals surface area contributed by atoms with Gasteiger partial charge in [0.15, 0.2) is 5.78 Å². The van der Waals surface area contributed by atoms with E-state index in [4.69, 9.17) is 14.4 Å². The number of hydrogen-bond donors (Lipinski definition) is 1. The Labute approximate surface area is 211 Å². The van der Waals surface area contributed by atoms with Gasteiger partial charge in [0.1, 0.15) is 11.6 Å². The monoisotopic (exact) mass is 478 g/mol. The van der Waals surface area contributed by atoms with E-state index in [1.165, 1.54) is 5.56 Å². The first kappa shape index (κ1) is 22.5. The number of Topliss-reactive ketones (excluding diaryl/α,β-unsaturated/α-hetero) is 1. The Balaban J connectivity index is 1.27. The fraction of sp³-hybridized carbons (Fsp3) is 0.300. The smallest absolute Gasteiger partial charge is 0.227 e. The van der Waals surface area contributed by atoms with Gasteiger partial charge in [-0.25, -0.2) is 4.98 Å². The molecule has 4 aromatic rings. The fourth-order valence-corrected chi connectivity index (χ4v) is 5.47. The van der Waals surface area contributed by atoms with E-state index in [9.17, 15) is 4.79 Å². The normalized spacial score (nSPS) is 18.2. The number of fused-ring (bicyclic) bond motifs is 1. The highest BCUT2D eigenvalue weighted by Crippen LogP contribution is 2.37. The second-order valence-corrected chi connectivity index (χ2v) is 9.85. The van der Waals surface area contributed by atoms with Gasteiger partial charge < -0.3 is 14.6 Å². The Bertz CT molecular complexity index is 1310. The average molecular weight is 479 g/mol. The van der Waals surface area contributed by atoms with Gasteiger partial charge >= 0.3 is 0 Å². The minimum absolute atomic E-state index is 0.00364. The molecule has 1 fully saturated rings. The van der Waals surface area contributed by atoms with Crippen LogP contribution in [0.1, 0.15) is 52.6 Å².